The Kier molecular flexibility index (Phi) is 5.94. The average molecular weight is 455 g/mol. The number of nitrogens with zero attached hydrogens (tertiary/aromatic N) is 2. The van der Waals surface area contributed by atoms with E-state index in [0.29, 0.717) is 27.9 Å². The first-order valence-corrected chi connectivity index (χ1v) is 11.0. The van der Waals surface area contributed by atoms with Crippen LogP contribution in [0.3, 0.4) is 0 Å². The van der Waals surface area contributed by atoms with Gasteiger partial charge < -0.3 is 0 Å². The third-order valence-corrected chi connectivity index (χ3v) is 6.01. The number of halogens is 3. The summed E-state index contributed by atoms with van der Waals surface area (Å²) >= 11 is 7.52. The van der Waals surface area contributed by atoms with Gasteiger partial charge in [0.05, 0.1) is 22.5 Å². The molecule has 31 heavy (non-hydrogen) atoms. The molecule has 0 N–H and O–H groups in total. The summed E-state index contributed by atoms with van der Waals surface area (Å²) in [6.45, 7) is 1.64. The Bertz CT molecular complexity index is 1340. The predicted molar refractivity (Wildman–Crippen MR) is 122 cm³/mol. The highest BCUT2D eigenvalue weighted by atomic mass is 35.5. The van der Waals surface area contributed by atoms with Crippen molar-refractivity contribution in [1.29, 1.82) is 0 Å². The van der Waals surface area contributed by atoms with Crippen molar-refractivity contribution in [2.45, 2.75) is 11.8 Å². The minimum atomic E-state index is -0.585. The van der Waals surface area contributed by atoms with Crippen LogP contribution in [0.15, 0.2) is 76.6 Å². The van der Waals surface area contributed by atoms with Gasteiger partial charge in [0.1, 0.15) is 11.6 Å². The number of hydrogen-bond donors (Lipinski definition) is 0. The Morgan fingerprint density at radius 2 is 1.61 bits per heavy atom. The molecule has 0 aliphatic carbocycles. The summed E-state index contributed by atoms with van der Waals surface area (Å²) < 4.78 is 28.7. The molecule has 4 rings (SSSR count). The fourth-order valence-corrected chi connectivity index (χ4v) is 3.91. The molecular weight excluding hydrogens is 438 g/mol. The zero-order chi connectivity index (χ0) is 22.1. The predicted octanol–water partition coefficient (Wildman–Crippen LogP) is 6.53. The van der Waals surface area contributed by atoms with E-state index in [-0.39, 0.29) is 10.8 Å². The van der Waals surface area contributed by atoms with Crippen LogP contribution in [0.5, 0.6) is 0 Å². The number of thioether (sulfide) groups is 1. The van der Waals surface area contributed by atoms with Crippen LogP contribution in [0.2, 0.25) is 5.02 Å². The molecule has 0 unspecified atom stereocenters. The SMILES string of the molecule is CSc1ccc(-c2cnn(-c3ccc(F)c(Cl)c3)c(=O)c2-c2ccc(F)c(C)c2)cc1. The maximum absolute atomic E-state index is 13.9. The average Bonchev–Trinajstić information content (AvgIpc) is 2.77. The molecule has 4 aromatic rings. The Hall–Kier alpha value is -2.96. The normalized spacial score (nSPS) is 11.0. The van der Waals surface area contributed by atoms with Gasteiger partial charge in [0, 0.05) is 10.5 Å². The van der Waals surface area contributed by atoms with E-state index in [1.165, 1.54) is 28.9 Å². The number of aryl methyl sites for hydroxylation is 1. The van der Waals surface area contributed by atoms with Crippen molar-refractivity contribution in [3.8, 4) is 27.9 Å². The summed E-state index contributed by atoms with van der Waals surface area (Å²) in [5.41, 5.74) is 2.71. The van der Waals surface area contributed by atoms with E-state index in [2.05, 4.69) is 5.10 Å². The molecule has 1 aromatic heterocycles. The van der Waals surface area contributed by atoms with Crippen LogP contribution in [0, 0.1) is 18.6 Å². The molecule has 3 aromatic carbocycles. The minimum absolute atomic E-state index is 0.109. The van der Waals surface area contributed by atoms with Crippen molar-refractivity contribution in [2.24, 2.45) is 0 Å². The molecule has 0 radical (unpaired) electrons. The molecule has 0 saturated heterocycles. The van der Waals surface area contributed by atoms with Crippen molar-refractivity contribution in [3.05, 3.63) is 99.4 Å². The molecule has 3 nitrogen and oxygen atoms in total. The Morgan fingerprint density at radius 1 is 0.935 bits per heavy atom. The Labute approximate surface area is 187 Å². The second kappa shape index (κ2) is 8.65. The van der Waals surface area contributed by atoms with E-state index >= 15 is 0 Å². The lowest BCUT2D eigenvalue weighted by atomic mass is 9.96. The fourth-order valence-electron chi connectivity index (χ4n) is 3.32. The monoisotopic (exact) mass is 454 g/mol. The van der Waals surface area contributed by atoms with Gasteiger partial charge in [0.15, 0.2) is 0 Å². The molecular formula is C24H17ClF2N2OS. The van der Waals surface area contributed by atoms with Crippen LogP contribution in [0.25, 0.3) is 27.9 Å². The van der Waals surface area contributed by atoms with Crippen molar-refractivity contribution in [1.82, 2.24) is 9.78 Å². The third kappa shape index (κ3) is 4.13. The number of hydrogen-bond acceptors (Lipinski definition) is 3. The van der Waals surface area contributed by atoms with Gasteiger partial charge in [-0.2, -0.15) is 9.78 Å². The van der Waals surface area contributed by atoms with Gasteiger partial charge in [-0.25, -0.2) is 8.78 Å². The van der Waals surface area contributed by atoms with E-state index in [9.17, 15) is 13.6 Å². The van der Waals surface area contributed by atoms with Gasteiger partial charge >= 0.3 is 0 Å². The summed E-state index contributed by atoms with van der Waals surface area (Å²) in [5, 5.41) is 4.20. The highest BCUT2D eigenvalue weighted by Crippen LogP contribution is 2.31. The number of benzene rings is 3. The topological polar surface area (TPSA) is 34.9 Å². The second-order valence-corrected chi connectivity index (χ2v) is 8.23. The fraction of sp³-hybridized carbons (Fsp3) is 0.0833. The van der Waals surface area contributed by atoms with E-state index in [0.717, 1.165) is 10.5 Å². The Balaban J connectivity index is 1.98. The molecule has 0 fully saturated rings. The van der Waals surface area contributed by atoms with Gasteiger partial charge in [0.25, 0.3) is 5.56 Å². The van der Waals surface area contributed by atoms with Crippen LogP contribution in [-0.4, -0.2) is 16.0 Å². The van der Waals surface area contributed by atoms with E-state index in [4.69, 9.17) is 11.6 Å². The summed E-state index contributed by atoms with van der Waals surface area (Å²) in [4.78, 5) is 14.6. The van der Waals surface area contributed by atoms with Gasteiger partial charge in [-0.15, -0.1) is 11.8 Å². The molecule has 0 saturated carbocycles. The maximum Gasteiger partial charge on any atom is 0.280 e. The van der Waals surface area contributed by atoms with Crippen LogP contribution in [0.1, 0.15) is 5.56 Å². The second-order valence-electron chi connectivity index (χ2n) is 6.94. The first kappa shape index (κ1) is 21.3. The van der Waals surface area contributed by atoms with Crippen molar-refractivity contribution < 1.29 is 8.78 Å². The smallest absolute Gasteiger partial charge is 0.267 e. The summed E-state index contributed by atoms with van der Waals surface area (Å²) in [7, 11) is 0. The first-order chi connectivity index (χ1) is 14.9. The van der Waals surface area contributed by atoms with Crippen molar-refractivity contribution >= 4 is 23.4 Å². The van der Waals surface area contributed by atoms with E-state index in [1.54, 1.807) is 37.0 Å². The van der Waals surface area contributed by atoms with Gasteiger partial charge in [-0.05, 0) is 72.3 Å². The third-order valence-electron chi connectivity index (χ3n) is 4.97. The van der Waals surface area contributed by atoms with Crippen LogP contribution in [-0.2, 0) is 0 Å². The number of aromatic nitrogens is 2. The molecule has 1 heterocycles. The van der Waals surface area contributed by atoms with Crippen LogP contribution < -0.4 is 5.56 Å². The molecule has 0 atom stereocenters. The molecule has 0 bridgehead atoms. The van der Waals surface area contributed by atoms with Gasteiger partial charge in [-0.1, -0.05) is 29.8 Å². The lowest BCUT2D eigenvalue weighted by Crippen LogP contribution is -2.23. The van der Waals surface area contributed by atoms with Crippen LogP contribution >= 0.6 is 23.4 Å². The molecule has 0 aliphatic heterocycles. The summed E-state index contributed by atoms with van der Waals surface area (Å²) in [6.07, 6.45) is 3.57. The Morgan fingerprint density at radius 3 is 2.26 bits per heavy atom. The summed E-state index contributed by atoms with van der Waals surface area (Å²) in [6, 6.07) is 16.3. The lowest BCUT2D eigenvalue weighted by Gasteiger charge is -2.14. The van der Waals surface area contributed by atoms with E-state index < -0.39 is 11.4 Å². The highest BCUT2D eigenvalue weighted by molar-refractivity contribution is 7.98. The van der Waals surface area contributed by atoms with Gasteiger partial charge in [-0.3, -0.25) is 4.79 Å². The molecule has 7 heteroatoms. The quantitative estimate of drug-likeness (QED) is 0.329. The molecule has 0 spiro atoms. The standard InChI is InChI=1S/C24H17ClF2N2OS/c1-14-11-16(5-9-21(14)26)23-19(15-3-7-18(31-2)8-4-15)13-28-29(24(23)30)17-6-10-22(27)20(25)12-17/h3-13H,1-2H3. The maximum atomic E-state index is 13.9. The van der Waals surface area contributed by atoms with Crippen molar-refractivity contribution in [3.63, 3.8) is 0 Å². The first-order valence-electron chi connectivity index (χ1n) is 9.37. The van der Waals surface area contributed by atoms with Crippen molar-refractivity contribution in [2.75, 3.05) is 6.26 Å². The lowest BCUT2D eigenvalue weighted by molar-refractivity contribution is 0.619. The largest absolute Gasteiger partial charge is 0.280 e. The van der Waals surface area contributed by atoms with E-state index in [1.807, 2.05) is 30.5 Å². The minimum Gasteiger partial charge on any atom is -0.267 e. The number of rotatable bonds is 4. The van der Waals surface area contributed by atoms with Gasteiger partial charge in [0.2, 0.25) is 0 Å². The zero-order valence-corrected chi connectivity index (χ0v) is 18.3. The highest BCUT2D eigenvalue weighted by Gasteiger charge is 2.17. The molecule has 0 aliphatic rings. The molecule has 0 amide bonds. The molecule has 156 valence electrons. The zero-order valence-electron chi connectivity index (χ0n) is 16.7. The summed E-state index contributed by atoms with van der Waals surface area (Å²) in [5.74, 6) is -0.937. The van der Waals surface area contributed by atoms with Crippen LogP contribution in [0.4, 0.5) is 8.78 Å².